The molecular formula is C26H37FN2O. The molecule has 2 aliphatic rings. The van der Waals surface area contributed by atoms with Crippen molar-refractivity contribution in [2.75, 3.05) is 0 Å². The van der Waals surface area contributed by atoms with Crippen molar-refractivity contribution in [3.05, 3.63) is 35.7 Å². The third-order valence-electron chi connectivity index (χ3n) is 7.51. The van der Waals surface area contributed by atoms with Crippen LogP contribution < -0.4 is 5.32 Å². The summed E-state index contributed by atoms with van der Waals surface area (Å²) in [6.07, 6.45) is 7.00. The third kappa shape index (κ3) is 4.38. The Morgan fingerprint density at radius 3 is 2.33 bits per heavy atom. The van der Waals surface area contributed by atoms with Crippen LogP contribution >= 0.6 is 0 Å². The van der Waals surface area contributed by atoms with Crippen LogP contribution in [0.2, 0.25) is 0 Å². The molecule has 0 aliphatic heterocycles. The van der Waals surface area contributed by atoms with E-state index >= 15 is 0 Å². The van der Waals surface area contributed by atoms with Gasteiger partial charge in [-0.05, 0) is 107 Å². The maximum absolute atomic E-state index is 14.0. The van der Waals surface area contributed by atoms with Gasteiger partial charge in [-0.25, -0.2) is 4.39 Å². The molecule has 0 unspecified atom stereocenters. The lowest BCUT2D eigenvalue weighted by atomic mass is 9.71. The summed E-state index contributed by atoms with van der Waals surface area (Å²) in [6.45, 7) is 16.6. The Morgan fingerprint density at radius 2 is 1.83 bits per heavy atom. The summed E-state index contributed by atoms with van der Waals surface area (Å²) >= 11 is 0. The Bertz CT molecular complexity index is 848. The molecule has 2 fully saturated rings. The van der Waals surface area contributed by atoms with Crippen LogP contribution in [0.3, 0.4) is 0 Å². The number of hydrogen-bond donors (Lipinski definition) is 1. The summed E-state index contributed by atoms with van der Waals surface area (Å²) in [5.41, 5.74) is 2.98. The Kier molecular flexibility index (Phi) is 6.01. The van der Waals surface area contributed by atoms with Gasteiger partial charge < -0.3 is 5.32 Å². The van der Waals surface area contributed by atoms with E-state index < -0.39 is 0 Å². The Balaban J connectivity index is 1.77. The molecule has 2 aliphatic carbocycles. The van der Waals surface area contributed by atoms with E-state index in [9.17, 15) is 9.18 Å². The van der Waals surface area contributed by atoms with E-state index in [-0.39, 0.29) is 28.1 Å². The first-order valence-electron chi connectivity index (χ1n) is 11.1. The van der Waals surface area contributed by atoms with Gasteiger partial charge in [0.2, 0.25) is 5.91 Å². The first kappa shape index (κ1) is 22.7. The molecule has 164 valence electrons. The highest BCUT2D eigenvalue weighted by Gasteiger charge is 2.58. The van der Waals surface area contributed by atoms with Crippen molar-refractivity contribution < 1.29 is 9.18 Å². The van der Waals surface area contributed by atoms with Crippen molar-refractivity contribution in [2.45, 2.75) is 79.2 Å². The highest BCUT2D eigenvalue weighted by Crippen LogP contribution is 2.68. The van der Waals surface area contributed by atoms with Gasteiger partial charge in [0.05, 0.1) is 5.69 Å². The van der Waals surface area contributed by atoms with Crippen molar-refractivity contribution in [3.63, 3.8) is 0 Å². The van der Waals surface area contributed by atoms with E-state index in [1.807, 2.05) is 27.7 Å². The minimum Gasteiger partial charge on any atom is -0.352 e. The highest BCUT2D eigenvalue weighted by atomic mass is 19.1. The Hall–Kier alpha value is -1.97. The fraction of sp³-hybridized carbons (Fsp3) is 0.615. The average Bonchev–Trinajstić information content (AvgIpc) is 2.97. The zero-order valence-electron chi connectivity index (χ0n) is 19.4. The molecule has 4 heteroatoms. The van der Waals surface area contributed by atoms with Gasteiger partial charge >= 0.3 is 0 Å². The summed E-state index contributed by atoms with van der Waals surface area (Å²) in [5.74, 6) is 0.720. The molecule has 0 bridgehead atoms. The molecule has 0 saturated heterocycles. The van der Waals surface area contributed by atoms with Gasteiger partial charge in [0, 0.05) is 17.5 Å². The van der Waals surface area contributed by atoms with Crippen molar-refractivity contribution in [1.29, 1.82) is 0 Å². The van der Waals surface area contributed by atoms with Crippen molar-refractivity contribution in [2.24, 2.45) is 27.7 Å². The molecule has 30 heavy (non-hydrogen) atoms. The molecule has 3 rings (SSSR count). The topological polar surface area (TPSA) is 41.5 Å². The predicted molar refractivity (Wildman–Crippen MR) is 123 cm³/mol. The number of halogens is 1. The second kappa shape index (κ2) is 7.94. The normalized spacial score (nSPS) is 31.5. The average molecular weight is 413 g/mol. The molecule has 1 N–H and O–H groups in total. The maximum Gasteiger partial charge on any atom is 0.220 e. The minimum absolute atomic E-state index is 0.159. The fourth-order valence-electron chi connectivity index (χ4n) is 6.24. The van der Waals surface area contributed by atoms with E-state index in [2.05, 4.69) is 37.0 Å². The zero-order chi connectivity index (χ0) is 22.3. The number of hydrogen-bond acceptors (Lipinski definition) is 2. The van der Waals surface area contributed by atoms with Gasteiger partial charge in [-0.1, -0.05) is 19.9 Å². The van der Waals surface area contributed by atoms with E-state index in [1.54, 1.807) is 12.1 Å². The number of fused-ring (bicyclic) bond motifs is 1. The number of aliphatic imine (C=N–C) groups is 1. The van der Waals surface area contributed by atoms with Crippen molar-refractivity contribution in [1.82, 2.24) is 5.32 Å². The number of amides is 1. The molecular weight excluding hydrogens is 375 g/mol. The lowest BCUT2D eigenvalue weighted by molar-refractivity contribution is -0.123. The summed E-state index contributed by atoms with van der Waals surface area (Å²) in [4.78, 5) is 16.6. The molecule has 0 heterocycles. The number of nitrogens with zero attached hydrogens (tertiary/aromatic N) is 1. The van der Waals surface area contributed by atoms with E-state index in [4.69, 9.17) is 0 Å². The SMILES string of the molecule is C=Nc1ccc(F)cc1/C(=C\C)[C@@H]1C[C@]2(C)C[C@H](CC(=O)NC(C)(C)C)C[C@]2(C)C1. The van der Waals surface area contributed by atoms with Crippen LogP contribution in [0.15, 0.2) is 29.3 Å². The van der Waals surface area contributed by atoms with Gasteiger partial charge in [-0.15, -0.1) is 0 Å². The molecule has 1 amide bonds. The van der Waals surface area contributed by atoms with Crippen LogP contribution in [0, 0.1) is 28.5 Å². The maximum atomic E-state index is 14.0. The van der Waals surface area contributed by atoms with Crippen LogP contribution in [0.1, 0.15) is 79.2 Å². The molecule has 1 aromatic rings. The summed E-state index contributed by atoms with van der Waals surface area (Å²) in [5, 5.41) is 3.11. The van der Waals surface area contributed by atoms with Crippen LogP contribution in [0.25, 0.3) is 5.57 Å². The van der Waals surface area contributed by atoms with Crippen LogP contribution in [0.4, 0.5) is 10.1 Å². The smallest absolute Gasteiger partial charge is 0.220 e. The van der Waals surface area contributed by atoms with Gasteiger partial charge in [0.25, 0.3) is 0 Å². The number of rotatable bonds is 5. The second-order valence-electron chi connectivity index (χ2n) is 11.1. The largest absolute Gasteiger partial charge is 0.352 e. The molecule has 2 saturated carbocycles. The van der Waals surface area contributed by atoms with Gasteiger partial charge in [-0.2, -0.15) is 0 Å². The summed E-state index contributed by atoms with van der Waals surface area (Å²) in [7, 11) is 0. The molecule has 0 aromatic heterocycles. The first-order chi connectivity index (χ1) is 13.9. The Morgan fingerprint density at radius 1 is 1.23 bits per heavy atom. The van der Waals surface area contributed by atoms with Crippen molar-refractivity contribution >= 4 is 23.9 Å². The summed E-state index contributed by atoms with van der Waals surface area (Å²) in [6, 6.07) is 4.75. The number of benzene rings is 1. The number of nitrogens with one attached hydrogen (secondary N) is 1. The molecule has 1 aromatic carbocycles. The second-order valence-corrected chi connectivity index (χ2v) is 11.1. The summed E-state index contributed by atoms with van der Waals surface area (Å²) < 4.78 is 14.0. The number of allylic oxidation sites excluding steroid dienone is 2. The monoisotopic (exact) mass is 412 g/mol. The van der Waals surface area contributed by atoms with E-state index in [0.717, 1.165) is 36.9 Å². The van der Waals surface area contributed by atoms with Gasteiger partial charge in [0.15, 0.2) is 0 Å². The lowest BCUT2D eigenvalue weighted by Crippen LogP contribution is -2.41. The molecule has 4 atom stereocenters. The highest BCUT2D eigenvalue weighted by molar-refractivity contribution is 5.78. The fourth-order valence-corrected chi connectivity index (χ4v) is 6.24. The van der Waals surface area contributed by atoms with Gasteiger partial charge in [-0.3, -0.25) is 9.79 Å². The van der Waals surface area contributed by atoms with Crippen LogP contribution in [-0.4, -0.2) is 18.2 Å². The molecule has 0 spiro atoms. The predicted octanol–water partition coefficient (Wildman–Crippen LogP) is 6.70. The van der Waals surface area contributed by atoms with Gasteiger partial charge in [0.1, 0.15) is 5.82 Å². The quantitative estimate of drug-likeness (QED) is 0.537. The third-order valence-corrected chi connectivity index (χ3v) is 7.51. The number of carbonyl (C=O) groups is 1. The first-order valence-corrected chi connectivity index (χ1v) is 11.1. The van der Waals surface area contributed by atoms with Crippen molar-refractivity contribution in [3.8, 4) is 0 Å². The molecule has 0 radical (unpaired) electrons. The standard InChI is InChI=1S/C26H37FN2O/c1-8-20(21-12-19(27)9-10-22(21)28-7)18-15-25(5)13-17(14-26(25,6)16-18)11-23(30)29-24(2,3)4/h8-10,12,17-18H,7,11,13-16H2,1-6H3,(H,29,30)/b20-8-/t17-,18+,25-,26+. The van der Waals surface area contributed by atoms with Crippen LogP contribution in [-0.2, 0) is 4.79 Å². The Labute approximate surface area is 181 Å². The lowest BCUT2D eigenvalue weighted by Gasteiger charge is -2.34. The van der Waals surface area contributed by atoms with E-state index in [0.29, 0.717) is 18.3 Å². The van der Waals surface area contributed by atoms with E-state index in [1.165, 1.54) is 11.6 Å². The molecule has 3 nitrogen and oxygen atoms in total. The minimum atomic E-state index is -0.239. The zero-order valence-corrected chi connectivity index (χ0v) is 19.4. The van der Waals surface area contributed by atoms with Crippen LogP contribution in [0.5, 0.6) is 0 Å². The number of carbonyl (C=O) groups excluding carboxylic acids is 1.